The Balaban J connectivity index is 1.51. The Morgan fingerprint density at radius 2 is 1.60 bits per heavy atom. The molecule has 0 aliphatic carbocycles. The highest BCUT2D eigenvalue weighted by atomic mass is 35.5. The molecule has 0 spiro atoms. The number of benzene rings is 4. The highest BCUT2D eigenvalue weighted by Gasteiger charge is 2.18. The van der Waals surface area contributed by atoms with Gasteiger partial charge in [-0.15, -0.1) is 11.8 Å². The predicted octanol–water partition coefficient (Wildman–Crippen LogP) is 7.19. The van der Waals surface area contributed by atoms with Crippen LogP contribution in [0.15, 0.2) is 108 Å². The maximum Gasteiger partial charge on any atom is 0.272 e. The lowest BCUT2D eigenvalue weighted by molar-refractivity contribution is -0.115. The molecule has 0 bridgehead atoms. The molecule has 1 atom stereocenters. The lowest BCUT2D eigenvalue weighted by Crippen LogP contribution is -2.30. The lowest BCUT2D eigenvalue weighted by atomic mass is 10.1. The number of methoxy groups -OCH3 is 1. The van der Waals surface area contributed by atoms with E-state index in [9.17, 15) is 14.4 Å². The first-order valence-corrected chi connectivity index (χ1v) is 14.4. The van der Waals surface area contributed by atoms with Crippen LogP contribution in [-0.2, 0) is 9.59 Å². The van der Waals surface area contributed by atoms with E-state index in [-0.39, 0.29) is 11.6 Å². The van der Waals surface area contributed by atoms with Gasteiger partial charge in [0.15, 0.2) is 0 Å². The molecule has 0 radical (unpaired) electrons. The fourth-order valence-electron chi connectivity index (χ4n) is 3.96. The minimum atomic E-state index is -0.519. The van der Waals surface area contributed by atoms with Gasteiger partial charge in [-0.05, 0) is 74.0 Å². The summed E-state index contributed by atoms with van der Waals surface area (Å²) in [5.41, 5.74) is 3.03. The van der Waals surface area contributed by atoms with Crippen LogP contribution in [0.3, 0.4) is 0 Å². The Morgan fingerprint density at radius 1 is 0.881 bits per heavy atom. The molecule has 9 heteroatoms. The largest absolute Gasteiger partial charge is 0.496 e. The maximum atomic E-state index is 13.5. The first-order valence-electron chi connectivity index (χ1n) is 13.1. The second-order valence-corrected chi connectivity index (χ2v) is 11.1. The van der Waals surface area contributed by atoms with E-state index >= 15 is 0 Å². The molecule has 0 aliphatic rings. The summed E-state index contributed by atoms with van der Waals surface area (Å²) < 4.78 is 5.42. The zero-order valence-corrected chi connectivity index (χ0v) is 24.9. The molecule has 0 saturated heterocycles. The Bertz CT molecular complexity index is 1620. The Hall–Kier alpha value is -4.53. The summed E-state index contributed by atoms with van der Waals surface area (Å²) in [4.78, 5) is 40.1. The van der Waals surface area contributed by atoms with Crippen LogP contribution in [0.4, 0.5) is 11.4 Å². The summed E-state index contributed by atoms with van der Waals surface area (Å²) in [6, 6.07) is 28.4. The van der Waals surface area contributed by atoms with E-state index in [1.54, 1.807) is 85.8 Å². The maximum absolute atomic E-state index is 13.5. The first-order chi connectivity index (χ1) is 20.2. The zero-order valence-electron chi connectivity index (χ0n) is 23.3. The summed E-state index contributed by atoms with van der Waals surface area (Å²) in [5.74, 6) is -0.568. The number of halogens is 1. The van der Waals surface area contributed by atoms with Gasteiger partial charge in [0.05, 0.1) is 12.4 Å². The minimum absolute atomic E-state index is 0.0380. The van der Waals surface area contributed by atoms with Gasteiger partial charge in [-0.1, -0.05) is 60.1 Å². The van der Waals surface area contributed by atoms with Gasteiger partial charge in [0.25, 0.3) is 11.8 Å². The van der Waals surface area contributed by atoms with E-state index in [0.29, 0.717) is 33.3 Å². The molecule has 0 aromatic heterocycles. The molecule has 0 saturated carbocycles. The average Bonchev–Trinajstić information content (AvgIpc) is 2.99. The molecule has 0 heterocycles. The first kappa shape index (κ1) is 30.4. The standard InChI is InChI=1S/C33H30ClN3O4S/c1-21-27(34)16-10-17-28(21)36-31(38)22(2)42-26-15-9-14-25(20-26)35-33(40)29(19-24-13-7-8-18-30(24)41-3)37-32(39)23-11-5-4-6-12-23/h4-20,22H,1-3H3,(H,35,40)(H,36,38)(H,37,39)/b29-19+. The quantitative estimate of drug-likeness (QED) is 0.132. The van der Waals surface area contributed by atoms with Crippen LogP contribution >= 0.6 is 23.4 Å². The fraction of sp³-hybridized carbons (Fsp3) is 0.121. The van der Waals surface area contributed by atoms with Gasteiger partial charge >= 0.3 is 0 Å². The van der Waals surface area contributed by atoms with Crippen LogP contribution in [-0.4, -0.2) is 30.1 Å². The van der Waals surface area contributed by atoms with Crippen molar-refractivity contribution in [3.63, 3.8) is 0 Å². The second kappa shape index (κ2) is 14.4. The lowest BCUT2D eigenvalue weighted by Gasteiger charge is -2.15. The number of anilines is 2. The predicted molar refractivity (Wildman–Crippen MR) is 170 cm³/mol. The molecule has 0 fully saturated rings. The van der Waals surface area contributed by atoms with Crippen molar-refractivity contribution in [3.05, 3.63) is 124 Å². The highest BCUT2D eigenvalue weighted by molar-refractivity contribution is 8.00. The fourth-order valence-corrected chi connectivity index (χ4v) is 5.06. The van der Waals surface area contributed by atoms with Gasteiger partial charge in [-0.3, -0.25) is 14.4 Å². The van der Waals surface area contributed by atoms with E-state index in [4.69, 9.17) is 16.3 Å². The molecule has 42 heavy (non-hydrogen) atoms. The van der Waals surface area contributed by atoms with Gasteiger partial charge in [-0.25, -0.2) is 0 Å². The molecule has 4 rings (SSSR count). The number of hydrogen-bond acceptors (Lipinski definition) is 5. The van der Waals surface area contributed by atoms with Crippen LogP contribution < -0.4 is 20.7 Å². The summed E-state index contributed by atoms with van der Waals surface area (Å²) in [7, 11) is 1.54. The summed E-state index contributed by atoms with van der Waals surface area (Å²) in [5, 5.41) is 8.67. The molecule has 1 unspecified atom stereocenters. The van der Waals surface area contributed by atoms with Crippen molar-refractivity contribution >= 4 is 58.5 Å². The number of carbonyl (C=O) groups excluding carboxylic acids is 3. The molecule has 4 aromatic rings. The number of amides is 3. The Kier molecular flexibility index (Phi) is 10.4. The summed E-state index contributed by atoms with van der Waals surface area (Å²) in [6.07, 6.45) is 1.57. The number of carbonyl (C=O) groups is 3. The number of ether oxygens (including phenoxy) is 1. The zero-order chi connectivity index (χ0) is 30.1. The van der Waals surface area contributed by atoms with E-state index in [1.165, 1.54) is 18.9 Å². The van der Waals surface area contributed by atoms with Gasteiger partial charge in [0.2, 0.25) is 5.91 Å². The smallest absolute Gasteiger partial charge is 0.272 e. The summed E-state index contributed by atoms with van der Waals surface area (Å²) >= 11 is 7.53. The number of para-hydroxylation sites is 1. The van der Waals surface area contributed by atoms with Crippen molar-refractivity contribution in [3.8, 4) is 5.75 Å². The Labute approximate surface area is 254 Å². The topological polar surface area (TPSA) is 96.5 Å². The second-order valence-electron chi connectivity index (χ2n) is 9.26. The van der Waals surface area contributed by atoms with Crippen molar-refractivity contribution in [1.82, 2.24) is 5.32 Å². The minimum Gasteiger partial charge on any atom is -0.496 e. The monoisotopic (exact) mass is 599 g/mol. The number of rotatable bonds is 10. The van der Waals surface area contributed by atoms with Gasteiger partial charge in [0.1, 0.15) is 11.4 Å². The number of thioether (sulfide) groups is 1. The van der Waals surface area contributed by atoms with E-state index in [1.807, 2.05) is 31.2 Å². The third-order valence-electron chi connectivity index (χ3n) is 6.27. The van der Waals surface area contributed by atoms with Gasteiger partial charge in [0, 0.05) is 32.4 Å². The van der Waals surface area contributed by atoms with Crippen molar-refractivity contribution < 1.29 is 19.1 Å². The van der Waals surface area contributed by atoms with Gasteiger partial charge in [-0.2, -0.15) is 0 Å². The molecule has 3 amide bonds. The van der Waals surface area contributed by atoms with Crippen molar-refractivity contribution in [2.75, 3.05) is 17.7 Å². The molecule has 3 N–H and O–H groups in total. The van der Waals surface area contributed by atoms with E-state index in [2.05, 4.69) is 16.0 Å². The van der Waals surface area contributed by atoms with Crippen LogP contribution in [0.25, 0.3) is 6.08 Å². The van der Waals surface area contributed by atoms with Crippen molar-refractivity contribution in [2.24, 2.45) is 0 Å². The van der Waals surface area contributed by atoms with E-state index < -0.39 is 17.1 Å². The molecular formula is C33H30ClN3O4S. The average molecular weight is 600 g/mol. The molecule has 214 valence electrons. The molecule has 4 aromatic carbocycles. The third-order valence-corrected chi connectivity index (χ3v) is 7.77. The number of hydrogen-bond donors (Lipinski definition) is 3. The van der Waals surface area contributed by atoms with Crippen LogP contribution in [0, 0.1) is 6.92 Å². The normalized spacial score (nSPS) is 11.8. The van der Waals surface area contributed by atoms with Crippen LogP contribution in [0.5, 0.6) is 5.75 Å². The van der Waals surface area contributed by atoms with Crippen LogP contribution in [0.2, 0.25) is 5.02 Å². The Morgan fingerprint density at radius 3 is 2.36 bits per heavy atom. The third kappa shape index (κ3) is 8.02. The summed E-state index contributed by atoms with van der Waals surface area (Å²) in [6.45, 7) is 3.65. The number of nitrogens with one attached hydrogen (secondary N) is 3. The molecule has 7 nitrogen and oxygen atoms in total. The van der Waals surface area contributed by atoms with Crippen molar-refractivity contribution in [2.45, 2.75) is 24.0 Å². The molecule has 0 aliphatic heterocycles. The SMILES string of the molecule is COc1ccccc1/C=C(/NC(=O)c1ccccc1)C(=O)Nc1cccc(SC(C)C(=O)Nc2cccc(Cl)c2C)c1. The van der Waals surface area contributed by atoms with Gasteiger partial charge < -0.3 is 20.7 Å². The highest BCUT2D eigenvalue weighted by Crippen LogP contribution is 2.29. The van der Waals surface area contributed by atoms with E-state index in [0.717, 1.165) is 10.5 Å². The van der Waals surface area contributed by atoms with Crippen molar-refractivity contribution in [1.29, 1.82) is 0 Å². The molecular weight excluding hydrogens is 570 g/mol. The van der Waals surface area contributed by atoms with Crippen LogP contribution in [0.1, 0.15) is 28.4 Å².